The van der Waals surface area contributed by atoms with E-state index in [0.29, 0.717) is 5.92 Å². The van der Waals surface area contributed by atoms with Gasteiger partial charge in [0, 0.05) is 37.8 Å². The molecule has 0 aromatic carbocycles. The van der Waals surface area contributed by atoms with Crippen molar-refractivity contribution in [2.75, 3.05) is 18.4 Å². The van der Waals surface area contributed by atoms with E-state index in [9.17, 15) is 0 Å². The molecule has 4 nitrogen and oxygen atoms in total. The first-order valence-corrected chi connectivity index (χ1v) is 8.05. The summed E-state index contributed by atoms with van der Waals surface area (Å²) in [5.74, 6) is 3.68. The van der Waals surface area contributed by atoms with Gasteiger partial charge in [0.25, 0.3) is 0 Å². The molecule has 4 rings (SSSR count). The number of pyridine rings is 1. The van der Waals surface area contributed by atoms with Gasteiger partial charge in [-0.15, -0.1) is 0 Å². The van der Waals surface area contributed by atoms with Crippen molar-refractivity contribution in [2.45, 2.75) is 38.0 Å². The number of hydrogen-bond donors (Lipinski definition) is 2. The third kappa shape index (κ3) is 2.94. The molecule has 4 heteroatoms. The van der Waals surface area contributed by atoms with Gasteiger partial charge in [-0.1, -0.05) is 11.6 Å². The van der Waals surface area contributed by atoms with E-state index in [-0.39, 0.29) is 0 Å². The Kier molecular flexibility index (Phi) is 3.37. The first-order valence-electron chi connectivity index (χ1n) is 8.05. The van der Waals surface area contributed by atoms with E-state index in [4.69, 9.17) is 0 Å². The highest BCUT2D eigenvalue weighted by Gasteiger charge is 2.25. The van der Waals surface area contributed by atoms with Crippen LogP contribution >= 0.6 is 0 Å². The summed E-state index contributed by atoms with van der Waals surface area (Å²) in [5.41, 5.74) is 2.87. The van der Waals surface area contributed by atoms with Crippen LogP contribution in [0.3, 0.4) is 0 Å². The van der Waals surface area contributed by atoms with Crippen molar-refractivity contribution in [2.24, 2.45) is 10.9 Å². The molecule has 1 unspecified atom stereocenters. The third-order valence-corrected chi connectivity index (χ3v) is 4.67. The van der Waals surface area contributed by atoms with E-state index in [0.717, 1.165) is 44.1 Å². The summed E-state index contributed by atoms with van der Waals surface area (Å²) < 4.78 is 0. The molecular weight excluding hydrogens is 260 g/mol. The predicted octanol–water partition coefficient (Wildman–Crippen LogP) is 3.06. The number of rotatable bonds is 4. The number of amidine groups is 1. The maximum atomic E-state index is 4.69. The molecule has 21 heavy (non-hydrogen) atoms. The zero-order chi connectivity index (χ0) is 14.1. The number of anilines is 1. The molecule has 0 radical (unpaired) electrons. The Bertz CT molecular complexity index is 586. The molecule has 1 aromatic rings. The Hall–Kier alpha value is -1.84. The molecule has 0 saturated heterocycles. The highest BCUT2D eigenvalue weighted by molar-refractivity contribution is 5.84. The Balaban J connectivity index is 1.37. The van der Waals surface area contributed by atoms with Crippen LogP contribution in [0.25, 0.3) is 0 Å². The lowest BCUT2D eigenvalue weighted by molar-refractivity contribution is 0.702. The molecule has 2 N–H and O–H groups in total. The Morgan fingerprint density at radius 3 is 3.05 bits per heavy atom. The summed E-state index contributed by atoms with van der Waals surface area (Å²) in [5, 5.41) is 6.81. The maximum Gasteiger partial charge on any atom is 0.129 e. The first kappa shape index (κ1) is 12.9. The SMILES string of the molecule is C1=C(CC2CNc3ncccc32)CCC(=NCC2CC2)N1. The van der Waals surface area contributed by atoms with Crippen LogP contribution in [-0.2, 0) is 0 Å². The van der Waals surface area contributed by atoms with E-state index < -0.39 is 0 Å². The lowest BCUT2D eigenvalue weighted by Crippen LogP contribution is -2.23. The molecule has 110 valence electrons. The van der Waals surface area contributed by atoms with E-state index in [1.54, 1.807) is 0 Å². The number of nitrogens with one attached hydrogen (secondary N) is 2. The highest BCUT2D eigenvalue weighted by Crippen LogP contribution is 2.35. The topological polar surface area (TPSA) is 49.3 Å². The molecule has 0 bridgehead atoms. The summed E-state index contributed by atoms with van der Waals surface area (Å²) in [6.07, 6.45) is 10.1. The quantitative estimate of drug-likeness (QED) is 0.892. The van der Waals surface area contributed by atoms with Crippen LogP contribution in [0.4, 0.5) is 5.82 Å². The Labute approximate surface area is 125 Å². The van der Waals surface area contributed by atoms with Crippen molar-refractivity contribution in [3.63, 3.8) is 0 Å². The van der Waals surface area contributed by atoms with Crippen LogP contribution in [0.5, 0.6) is 0 Å². The minimum absolute atomic E-state index is 0.562. The highest BCUT2D eigenvalue weighted by atomic mass is 15.0. The fraction of sp³-hybridized carbons (Fsp3) is 0.529. The van der Waals surface area contributed by atoms with Crippen molar-refractivity contribution in [1.82, 2.24) is 10.3 Å². The van der Waals surface area contributed by atoms with Crippen molar-refractivity contribution in [1.29, 1.82) is 0 Å². The van der Waals surface area contributed by atoms with E-state index in [2.05, 4.69) is 32.9 Å². The maximum absolute atomic E-state index is 4.69. The Morgan fingerprint density at radius 1 is 1.29 bits per heavy atom. The predicted molar refractivity (Wildman–Crippen MR) is 85.6 cm³/mol. The average molecular weight is 282 g/mol. The second kappa shape index (κ2) is 5.51. The minimum atomic E-state index is 0.562. The van der Waals surface area contributed by atoms with Gasteiger partial charge in [0.1, 0.15) is 11.7 Å². The zero-order valence-electron chi connectivity index (χ0n) is 12.3. The molecule has 1 aromatic heterocycles. The standard InChI is InChI=1S/C17H22N4/c1-2-15-14(11-21-17(15)18-7-1)8-13-5-6-16(20-10-13)19-9-12-3-4-12/h1-2,7,10,12,14H,3-6,8-9,11H2,(H,18,21)(H,19,20). The number of allylic oxidation sites excluding steroid dienone is 1. The molecule has 3 heterocycles. The molecule has 2 aliphatic heterocycles. The van der Waals surface area contributed by atoms with E-state index in [1.807, 2.05) is 12.3 Å². The number of fused-ring (bicyclic) bond motifs is 1. The molecule has 0 amide bonds. The van der Waals surface area contributed by atoms with Gasteiger partial charge in [0.15, 0.2) is 0 Å². The van der Waals surface area contributed by atoms with Crippen molar-refractivity contribution >= 4 is 11.7 Å². The number of aromatic nitrogens is 1. The molecule has 0 spiro atoms. The minimum Gasteiger partial charge on any atom is -0.369 e. The first-order chi connectivity index (χ1) is 10.4. The summed E-state index contributed by atoms with van der Waals surface area (Å²) in [4.78, 5) is 9.08. The van der Waals surface area contributed by atoms with Crippen LogP contribution in [-0.4, -0.2) is 23.9 Å². The van der Waals surface area contributed by atoms with Crippen molar-refractivity contribution in [3.05, 3.63) is 35.7 Å². The molecule has 1 saturated carbocycles. The van der Waals surface area contributed by atoms with Crippen LogP contribution in [0, 0.1) is 5.92 Å². The third-order valence-electron chi connectivity index (χ3n) is 4.67. The summed E-state index contributed by atoms with van der Waals surface area (Å²) in [6.45, 7) is 2.03. The van der Waals surface area contributed by atoms with Gasteiger partial charge < -0.3 is 10.6 Å². The van der Waals surface area contributed by atoms with E-state index >= 15 is 0 Å². The van der Waals surface area contributed by atoms with Crippen LogP contribution < -0.4 is 10.6 Å². The fourth-order valence-electron chi connectivity index (χ4n) is 3.16. The second-order valence-electron chi connectivity index (χ2n) is 6.40. The van der Waals surface area contributed by atoms with Gasteiger partial charge in [-0.2, -0.15) is 0 Å². The zero-order valence-corrected chi connectivity index (χ0v) is 12.3. The van der Waals surface area contributed by atoms with Crippen molar-refractivity contribution in [3.8, 4) is 0 Å². The average Bonchev–Trinajstić information content (AvgIpc) is 3.28. The van der Waals surface area contributed by atoms with Gasteiger partial charge in [-0.3, -0.25) is 4.99 Å². The summed E-state index contributed by atoms with van der Waals surface area (Å²) in [6, 6.07) is 4.24. The molecule has 1 fully saturated rings. The van der Waals surface area contributed by atoms with Crippen LogP contribution in [0.15, 0.2) is 35.1 Å². The Morgan fingerprint density at radius 2 is 2.24 bits per heavy atom. The van der Waals surface area contributed by atoms with Crippen LogP contribution in [0.1, 0.15) is 43.6 Å². The van der Waals surface area contributed by atoms with Gasteiger partial charge in [0.05, 0.1) is 0 Å². The number of hydrogen-bond acceptors (Lipinski definition) is 3. The summed E-state index contributed by atoms with van der Waals surface area (Å²) >= 11 is 0. The lowest BCUT2D eigenvalue weighted by Gasteiger charge is -2.19. The van der Waals surface area contributed by atoms with E-state index in [1.165, 1.54) is 29.8 Å². The normalized spacial score (nSPS) is 26.0. The second-order valence-corrected chi connectivity index (χ2v) is 6.40. The molecule has 1 atom stereocenters. The molecule has 3 aliphatic rings. The van der Waals surface area contributed by atoms with Gasteiger partial charge in [-0.25, -0.2) is 4.98 Å². The van der Waals surface area contributed by atoms with Gasteiger partial charge in [-0.05, 0) is 43.2 Å². The lowest BCUT2D eigenvalue weighted by atomic mass is 9.92. The molecule has 1 aliphatic carbocycles. The van der Waals surface area contributed by atoms with Gasteiger partial charge in [0.2, 0.25) is 0 Å². The smallest absolute Gasteiger partial charge is 0.129 e. The van der Waals surface area contributed by atoms with Crippen molar-refractivity contribution < 1.29 is 0 Å². The van der Waals surface area contributed by atoms with Gasteiger partial charge >= 0.3 is 0 Å². The number of nitrogens with zero attached hydrogens (tertiary/aromatic N) is 2. The fourth-order valence-corrected chi connectivity index (χ4v) is 3.16. The monoisotopic (exact) mass is 282 g/mol. The van der Waals surface area contributed by atoms with Crippen LogP contribution in [0.2, 0.25) is 0 Å². The molecular formula is C17H22N4. The number of aliphatic imine (C=N–C) groups is 1. The summed E-state index contributed by atoms with van der Waals surface area (Å²) in [7, 11) is 0. The largest absolute Gasteiger partial charge is 0.369 e.